The molecule has 0 saturated carbocycles. The van der Waals surface area contributed by atoms with Crippen LogP contribution in [0.2, 0.25) is 0 Å². The minimum absolute atomic E-state index is 0.0561. The van der Waals surface area contributed by atoms with E-state index in [2.05, 4.69) is 5.32 Å². The van der Waals surface area contributed by atoms with Gasteiger partial charge in [0.1, 0.15) is 6.04 Å². The molecule has 0 fully saturated rings. The highest BCUT2D eigenvalue weighted by Crippen LogP contribution is 2.18. The standard InChI is InChI=1S/C27H30N2O2/c1-20-13-15-23(16-14-20)19-29(26(30)18-24-12-8-7-9-21(24)2)25(27(31)28-3)17-22-10-5-4-6-11-22/h4-16,25H,17-19H2,1-3H3,(H,28,31)/t25-/m1/s1. The molecule has 160 valence electrons. The molecule has 2 amide bonds. The van der Waals surface area contributed by atoms with Gasteiger partial charge in [-0.25, -0.2) is 0 Å². The maximum Gasteiger partial charge on any atom is 0.242 e. The molecule has 0 saturated heterocycles. The van der Waals surface area contributed by atoms with E-state index in [1.165, 1.54) is 0 Å². The van der Waals surface area contributed by atoms with Crippen molar-refractivity contribution < 1.29 is 9.59 Å². The molecule has 4 nitrogen and oxygen atoms in total. The second kappa shape index (κ2) is 10.6. The fraction of sp³-hybridized carbons (Fsp3) is 0.259. The van der Waals surface area contributed by atoms with Gasteiger partial charge in [0.15, 0.2) is 0 Å². The first-order valence-electron chi connectivity index (χ1n) is 10.6. The van der Waals surface area contributed by atoms with Crippen LogP contribution in [0.5, 0.6) is 0 Å². The normalized spacial score (nSPS) is 11.6. The smallest absolute Gasteiger partial charge is 0.242 e. The summed E-state index contributed by atoms with van der Waals surface area (Å²) in [5.74, 6) is -0.214. The van der Waals surface area contributed by atoms with Gasteiger partial charge in [-0.15, -0.1) is 0 Å². The Kier molecular flexibility index (Phi) is 7.60. The van der Waals surface area contributed by atoms with Gasteiger partial charge in [0.25, 0.3) is 0 Å². The van der Waals surface area contributed by atoms with Crippen LogP contribution in [-0.2, 0) is 29.0 Å². The SMILES string of the molecule is CNC(=O)[C@@H](Cc1ccccc1)N(Cc1ccc(C)cc1)C(=O)Cc1ccccc1C. The Morgan fingerprint density at radius 3 is 2.13 bits per heavy atom. The Hall–Kier alpha value is -3.40. The molecule has 0 heterocycles. The number of hydrogen-bond acceptors (Lipinski definition) is 2. The van der Waals surface area contributed by atoms with Gasteiger partial charge in [-0.05, 0) is 36.1 Å². The van der Waals surface area contributed by atoms with E-state index < -0.39 is 6.04 Å². The number of benzene rings is 3. The first-order valence-corrected chi connectivity index (χ1v) is 10.6. The average molecular weight is 415 g/mol. The highest BCUT2D eigenvalue weighted by Gasteiger charge is 2.30. The third kappa shape index (κ3) is 6.05. The van der Waals surface area contributed by atoms with Crippen LogP contribution < -0.4 is 5.32 Å². The maximum atomic E-state index is 13.5. The zero-order chi connectivity index (χ0) is 22.2. The lowest BCUT2D eigenvalue weighted by Gasteiger charge is -2.31. The second-order valence-corrected chi connectivity index (χ2v) is 7.93. The van der Waals surface area contributed by atoms with E-state index in [1.54, 1.807) is 11.9 Å². The monoisotopic (exact) mass is 414 g/mol. The van der Waals surface area contributed by atoms with E-state index in [0.717, 1.165) is 27.8 Å². The molecule has 3 aromatic carbocycles. The number of nitrogens with zero attached hydrogens (tertiary/aromatic N) is 1. The lowest BCUT2D eigenvalue weighted by atomic mass is 10.00. The van der Waals surface area contributed by atoms with Crippen LogP contribution in [0.4, 0.5) is 0 Å². The number of rotatable bonds is 8. The predicted octanol–water partition coefficient (Wildman–Crippen LogP) is 4.23. The zero-order valence-electron chi connectivity index (χ0n) is 18.5. The number of likely N-dealkylation sites (N-methyl/N-ethyl adjacent to an activating group) is 1. The van der Waals surface area contributed by atoms with E-state index in [-0.39, 0.29) is 18.2 Å². The van der Waals surface area contributed by atoms with Crippen molar-refractivity contribution in [3.8, 4) is 0 Å². The number of aryl methyl sites for hydroxylation is 2. The van der Waals surface area contributed by atoms with Crippen LogP contribution in [0.1, 0.15) is 27.8 Å². The first-order chi connectivity index (χ1) is 15.0. The third-order valence-corrected chi connectivity index (χ3v) is 5.59. The van der Waals surface area contributed by atoms with Crippen LogP contribution in [-0.4, -0.2) is 29.8 Å². The van der Waals surface area contributed by atoms with Crippen molar-refractivity contribution in [2.45, 2.75) is 39.3 Å². The van der Waals surface area contributed by atoms with Crippen molar-refractivity contribution in [3.05, 3.63) is 107 Å². The largest absolute Gasteiger partial charge is 0.357 e. The van der Waals surface area contributed by atoms with Crippen LogP contribution in [0, 0.1) is 13.8 Å². The molecule has 3 aromatic rings. The summed E-state index contributed by atoms with van der Waals surface area (Å²) in [6.45, 7) is 4.43. The minimum Gasteiger partial charge on any atom is -0.357 e. The Morgan fingerprint density at radius 2 is 1.48 bits per heavy atom. The molecule has 3 rings (SSSR count). The topological polar surface area (TPSA) is 49.4 Å². The molecule has 0 unspecified atom stereocenters. The Morgan fingerprint density at radius 1 is 0.839 bits per heavy atom. The average Bonchev–Trinajstić information content (AvgIpc) is 2.79. The second-order valence-electron chi connectivity index (χ2n) is 7.93. The predicted molar refractivity (Wildman–Crippen MR) is 125 cm³/mol. The van der Waals surface area contributed by atoms with E-state index in [0.29, 0.717) is 13.0 Å². The summed E-state index contributed by atoms with van der Waals surface area (Å²) in [4.78, 5) is 28.2. The Bertz CT molecular complexity index is 1010. The van der Waals surface area contributed by atoms with Gasteiger partial charge in [-0.1, -0.05) is 84.4 Å². The lowest BCUT2D eigenvalue weighted by Crippen LogP contribution is -2.50. The van der Waals surface area contributed by atoms with Crippen LogP contribution in [0.3, 0.4) is 0 Å². The summed E-state index contributed by atoms with van der Waals surface area (Å²) >= 11 is 0. The minimum atomic E-state index is -0.592. The quantitative estimate of drug-likeness (QED) is 0.600. The molecule has 0 aliphatic carbocycles. The summed E-state index contributed by atoms with van der Waals surface area (Å²) in [5, 5.41) is 2.76. The third-order valence-electron chi connectivity index (χ3n) is 5.59. The van der Waals surface area contributed by atoms with E-state index in [9.17, 15) is 9.59 Å². The molecule has 0 aromatic heterocycles. The molecule has 0 aliphatic heterocycles. The number of carbonyl (C=O) groups excluding carboxylic acids is 2. The zero-order valence-corrected chi connectivity index (χ0v) is 18.5. The highest BCUT2D eigenvalue weighted by atomic mass is 16.2. The van der Waals surface area contributed by atoms with Crippen LogP contribution in [0.15, 0.2) is 78.9 Å². The van der Waals surface area contributed by atoms with Crippen molar-refractivity contribution in [3.63, 3.8) is 0 Å². The maximum absolute atomic E-state index is 13.5. The van der Waals surface area contributed by atoms with E-state index >= 15 is 0 Å². The summed E-state index contributed by atoms with van der Waals surface area (Å²) in [6, 6.07) is 25.3. The van der Waals surface area contributed by atoms with Crippen molar-refractivity contribution in [2.75, 3.05) is 7.05 Å². The molecular weight excluding hydrogens is 384 g/mol. The van der Waals surface area contributed by atoms with Crippen molar-refractivity contribution >= 4 is 11.8 Å². The van der Waals surface area contributed by atoms with Gasteiger partial charge in [-0.3, -0.25) is 9.59 Å². The van der Waals surface area contributed by atoms with Gasteiger partial charge < -0.3 is 10.2 Å². The molecule has 1 atom stereocenters. The highest BCUT2D eigenvalue weighted by molar-refractivity contribution is 5.88. The van der Waals surface area contributed by atoms with Gasteiger partial charge in [0.2, 0.25) is 11.8 Å². The number of nitrogens with one attached hydrogen (secondary N) is 1. The first kappa shape index (κ1) is 22.3. The summed E-state index contributed by atoms with van der Waals surface area (Å²) in [6.07, 6.45) is 0.729. The molecule has 0 spiro atoms. The molecular formula is C27H30N2O2. The summed E-state index contributed by atoms with van der Waals surface area (Å²) in [5.41, 5.74) is 5.25. The number of hydrogen-bond donors (Lipinski definition) is 1. The molecule has 4 heteroatoms. The van der Waals surface area contributed by atoms with Crippen molar-refractivity contribution in [2.24, 2.45) is 0 Å². The molecule has 0 aliphatic rings. The van der Waals surface area contributed by atoms with Crippen molar-refractivity contribution in [1.29, 1.82) is 0 Å². The fourth-order valence-electron chi connectivity index (χ4n) is 3.68. The van der Waals surface area contributed by atoms with E-state index in [1.807, 2.05) is 92.7 Å². The Labute approximate surface area is 184 Å². The van der Waals surface area contributed by atoms with Gasteiger partial charge in [-0.2, -0.15) is 0 Å². The number of carbonyl (C=O) groups is 2. The molecule has 1 N–H and O–H groups in total. The van der Waals surface area contributed by atoms with Gasteiger partial charge in [0, 0.05) is 20.0 Å². The molecule has 0 bridgehead atoms. The van der Waals surface area contributed by atoms with E-state index in [4.69, 9.17) is 0 Å². The summed E-state index contributed by atoms with van der Waals surface area (Å²) in [7, 11) is 1.62. The van der Waals surface area contributed by atoms with Gasteiger partial charge in [0.05, 0.1) is 6.42 Å². The van der Waals surface area contributed by atoms with Crippen LogP contribution in [0.25, 0.3) is 0 Å². The fourth-order valence-corrected chi connectivity index (χ4v) is 3.68. The molecule has 31 heavy (non-hydrogen) atoms. The van der Waals surface area contributed by atoms with Gasteiger partial charge >= 0.3 is 0 Å². The lowest BCUT2D eigenvalue weighted by molar-refractivity contribution is -0.140. The van der Waals surface area contributed by atoms with Crippen molar-refractivity contribution in [1.82, 2.24) is 10.2 Å². The number of amides is 2. The summed E-state index contributed by atoms with van der Waals surface area (Å²) < 4.78 is 0. The van der Waals surface area contributed by atoms with Crippen LogP contribution >= 0.6 is 0 Å². The molecule has 0 radical (unpaired) electrons. The Balaban J connectivity index is 1.94.